The number of aliphatic hydroxyl groups is 1. The van der Waals surface area contributed by atoms with Crippen LogP contribution in [0.2, 0.25) is 0 Å². The predicted molar refractivity (Wildman–Crippen MR) is 71.4 cm³/mol. The lowest BCUT2D eigenvalue weighted by Gasteiger charge is -2.09. The Morgan fingerprint density at radius 3 is 2.88 bits per heavy atom. The van der Waals surface area contributed by atoms with E-state index in [1.807, 2.05) is 11.8 Å². The van der Waals surface area contributed by atoms with Gasteiger partial charge in [0.25, 0.3) is 0 Å². The van der Waals surface area contributed by atoms with Crippen LogP contribution < -0.4 is 0 Å². The molecule has 0 amide bonds. The monoisotopic (exact) mass is 252 g/mol. The van der Waals surface area contributed by atoms with Gasteiger partial charge < -0.3 is 5.11 Å². The Hall–Kier alpha value is -0.980. The van der Waals surface area contributed by atoms with Crippen molar-refractivity contribution in [1.29, 1.82) is 0 Å². The van der Waals surface area contributed by atoms with Crippen molar-refractivity contribution >= 4 is 11.8 Å². The normalized spacial score (nSPS) is 11.8. The van der Waals surface area contributed by atoms with E-state index in [2.05, 4.69) is 25.7 Å². The molecule has 17 heavy (non-hydrogen) atoms. The summed E-state index contributed by atoms with van der Waals surface area (Å²) in [5.41, 5.74) is 1.70. The standard InChI is InChI=1S/C14H17FOS/c1-3-11(2)17-10-13-6-7-14(15)9-12(13)5-4-8-16/h6-7,9,11,16H,3,8,10H2,1-2H3. The van der Waals surface area contributed by atoms with Gasteiger partial charge in [0.15, 0.2) is 0 Å². The van der Waals surface area contributed by atoms with Gasteiger partial charge in [-0.2, -0.15) is 11.8 Å². The minimum atomic E-state index is -0.287. The summed E-state index contributed by atoms with van der Waals surface area (Å²) in [4.78, 5) is 0. The highest BCUT2D eigenvalue weighted by molar-refractivity contribution is 7.99. The molecular weight excluding hydrogens is 235 g/mol. The quantitative estimate of drug-likeness (QED) is 0.830. The number of hydrogen-bond acceptors (Lipinski definition) is 2. The van der Waals surface area contributed by atoms with Crippen LogP contribution in [-0.2, 0) is 5.75 Å². The SMILES string of the molecule is CCC(C)SCc1ccc(F)cc1C#CCO. The zero-order valence-electron chi connectivity index (χ0n) is 10.2. The molecule has 1 rings (SSSR count). The van der Waals surface area contributed by atoms with E-state index in [9.17, 15) is 4.39 Å². The third-order valence-corrected chi connectivity index (χ3v) is 3.85. The smallest absolute Gasteiger partial charge is 0.124 e. The van der Waals surface area contributed by atoms with E-state index in [1.54, 1.807) is 6.07 Å². The summed E-state index contributed by atoms with van der Waals surface area (Å²) < 4.78 is 13.1. The molecule has 0 aliphatic carbocycles. The molecule has 0 spiro atoms. The minimum Gasteiger partial charge on any atom is -0.384 e. The summed E-state index contributed by atoms with van der Waals surface area (Å²) >= 11 is 1.83. The van der Waals surface area contributed by atoms with Gasteiger partial charge in [0.2, 0.25) is 0 Å². The van der Waals surface area contributed by atoms with Crippen molar-refractivity contribution in [3.05, 3.63) is 35.1 Å². The first-order valence-corrected chi connectivity index (χ1v) is 6.72. The van der Waals surface area contributed by atoms with Crippen LogP contribution in [0.1, 0.15) is 31.4 Å². The van der Waals surface area contributed by atoms with E-state index in [1.165, 1.54) is 12.1 Å². The zero-order chi connectivity index (χ0) is 12.7. The molecule has 0 aliphatic rings. The van der Waals surface area contributed by atoms with Crippen LogP contribution in [0.3, 0.4) is 0 Å². The van der Waals surface area contributed by atoms with Gasteiger partial charge in [0.1, 0.15) is 12.4 Å². The van der Waals surface area contributed by atoms with Crippen molar-refractivity contribution in [1.82, 2.24) is 0 Å². The average molecular weight is 252 g/mol. The molecule has 1 unspecified atom stereocenters. The molecule has 0 saturated heterocycles. The topological polar surface area (TPSA) is 20.2 Å². The summed E-state index contributed by atoms with van der Waals surface area (Å²) in [6.45, 7) is 4.12. The van der Waals surface area contributed by atoms with E-state index in [0.717, 1.165) is 17.7 Å². The Labute approximate surface area is 106 Å². The molecule has 0 heterocycles. The molecule has 1 nitrogen and oxygen atoms in total. The fraction of sp³-hybridized carbons (Fsp3) is 0.429. The predicted octanol–water partition coefficient (Wildman–Crippen LogP) is 3.20. The maximum Gasteiger partial charge on any atom is 0.124 e. The minimum absolute atomic E-state index is 0.200. The van der Waals surface area contributed by atoms with E-state index in [4.69, 9.17) is 5.11 Å². The highest BCUT2D eigenvalue weighted by Gasteiger charge is 2.05. The van der Waals surface area contributed by atoms with Crippen LogP contribution in [-0.4, -0.2) is 17.0 Å². The largest absolute Gasteiger partial charge is 0.384 e. The summed E-state index contributed by atoms with van der Waals surface area (Å²) in [5.74, 6) is 5.89. The first-order valence-electron chi connectivity index (χ1n) is 5.67. The van der Waals surface area contributed by atoms with Crippen molar-refractivity contribution < 1.29 is 9.50 Å². The van der Waals surface area contributed by atoms with Gasteiger partial charge in [-0.05, 0) is 24.1 Å². The Balaban J connectivity index is 2.82. The van der Waals surface area contributed by atoms with Crippen LogP contribution in [0, 0.1) is 17.7 Å². The molecule has 0 aliphatic heterocycles. The second kappa shape index (κ2) is 7.37. The lowest BCUT2D eigenvalue weighted by molar-refractivity contribution is 0.350. The molecule has 3 heteroatoms. The fourth-order valence-electron chi connectivity index (χ4n) is 1.28. The second-order valence-corrected chi connectivity index (χ2v) is 5.22. The number of halogens is 1. The maximum atomic E-state index is 13.1. The fourth-order valence-corrected chi connectivity index (χ4v) is 2.23. The van der Waals surface area contributed by atoms with Crippen LogP contribution in [0.5, 0.6) is 0 Å². The highest BCUT2D eigenvalue weighted by Crippen LogP contribution is 2.22. The molecular formula is C14H17FOS. The lowest BCUT2D eigenvalue weighted by Crippen LogP contribution is -1.96. The Bertz CT molecular complexity index is 420. The Kier molecular flexibility index (Phi) is 6.10. The first-order chi connectivity index (χ1) is 8.17. The van der Waals surface area contributed by atoms with Crippen molar-refractivity contribution in [3.63, 3.8) is 0 Å². The van der Waals surface area contributed by atoms with Gasteiger partial charge in [-0.15, -0.1) is 0 Å². The molecule has 1 atom stereocenters. The van der Waals surface area contributed by atoms with Crippen LogP contribution in [0.25, 0.3) is 0 Å². The molecule has 1 aromatic rings. The Morgan fingerprint density at radius 1 is 1.47 bits per heavy atom. The first kappa shape index (κ1) is 14.1. The maximum absolute atomic E-state index is 13.1. The van der Waals surface area contributed by atoms with Crippen molar-refractivity contribution in [3.8, 4) is 11.8 Å². The molecule has 0 radical (unpaired) electrons. The van der Waals surface area contributed by atoms with E-state index < -0.39 is 0 Å². The van der Waals surface area contributed by atoms with Gasteiger partial charge in [-0.1, -0.05) is 31.8 Å². The van der Waals surface area contributed by atoms with E-state index in [0.29, 0.717) is 10.8 Å². The second-order valence-electron chi connectivity index (χ2n) is 3.79. The third-order valence-electron chi connectivity index (χ3n) is 2.47. The molecule has 1 aromatic carbocycles. The molecule has 0 aromatic heterocycles. The third kappa shape index (κ3) is 4.80. The molecule has 0 bridgehead atoms. The van der Waals surface area contributed by atoms with Gasteiger partial charge >= 0.3 is 0 Å². The summed E-state index contributed by atoms with van der Waals surface area (Å²) in [6, 6.07) is 4.65. The van der Waals surface area contributed by atoms with Crippen LogP contribution in [0.4, 0.5) is 4.39 Å². The zero-order valence-corrected chi connectivity index (χ0v) is 11.0. The van der Waals surface area contributed by atoms with Crippen molar-refractivity contribution in [2.45, 2.75) is 31.3 Å². The van der Waals surface area contributed by atoms with Crippen LogP contribution in [0.15, 0.2) is 18.2 Å². The number of benzene rings is 1. The molecule has 0 fully saturated rings. The van der Waals surface area contributed by atoms with Crippen LogP contribution >= 0.6 is 11.8 Å². The molecule has 92 valence electrons. The lowest BCUT2D eigenvalue weighted by atomic mass is 10.1. The summed E-state index contributed by atoms with van der Waals surface area (Å²) in [7, 11) is 0. The summed E-state index contributed by atoms with van der Waals surface area (Å²) in [6.07, 6.45) is 1.11. The number of thioether (sulfide) groups is 1. The van der Waals surface area contributed by atoms with Gasteiger partial charge in [0, 0.05) is 16.6 Å². The molecule has 1 N–H and O–H groups in total. The molecule has 0 saturated carbocycles. The highest BCUT2D eigenvalue weighted by atomic mass is 32.2. The number of aliphatic hydroxyl groups excluding tert-OH is 1. The van der Waals surface area contributed by atoms with Gasteiger partial charge in [-0.3, -0.25) is 0 Å². The Morgan fingerprint density at radius 2 is 2.24 bits per heavy atom. The van der Waals surface area contributed by atoms with Gasteiger partial charge in [0.05, 0.1) is 0 Å². The van der Waals surface area contributed by atoms with Crippen molar-refractivity contribution in [2.75, 3.05) is 6.61 Å². The number of rotatable bonds is 4. The van der Waals surface area contributed by atoms with E-state index >= 15 is 0 Å². The number of hydrogen-bond donors (Lipinski definition) is 1. The average Bonchev–Trinajstić information content (AvgIpc) is 2.34. The van der Waals surface area contributed by atoms with Crippen molar-refractivity contribution in [2.24, 2.45) is 0 Å². The van der Waals surface area contributed by atoms with E-state index in [-0.39, 0.29) is 12.4 Å². The summed E-state index contributed by atoms with van der Waals surface area (Å²) in [5, 5.41) is 9.25. The van der Waals surface area contributed by atoms with Gasteiger partial charge in [-0.25, -0.2) is 4.39 Å².